The lowest BCUT2D eigenvalue weighted by atomic mass is 10.1. The molecule has 0 aliphatic heterocycles. The molecule has 1 amide bonds. The predicted octanol–water partition coefficient (Wildman–Crippen LogP) is 2.49. The van der Waals surface area contributed by atoms with Crippen molar-refractivity contribution in [3.8, 4) is 0 Å². The second kappa shape index (κ2) is 8.65. The monoisotopic (exact) mass is 412 g/mol. The first-order valence-electron chi connectivity index (χ1n) is 9.46. The standard InChI is InChI=1S/C21H24N4O3S/c1-5-13-7-9-15(10-8-13)23-16(26)12-29-18-14(6-2)11-22-19-17(18)20(27)25(4)21(28)24(19)3/h7-11H,5-6,12H2,1-4H3,(H,23,26). The van der Waals surface area contributed by atoms with E-state index in [2.05, 4.69) is 17.2 Å². The molecule has 29 heavy (non-hydrogen) atoms. The largest absolute Gasteiger partial charge is 0.332 e. The number of nitrogens with zero attached hydrogens (tertiary/aromatic N) is 3. The minimum absolute atomic E-state index is 0.146. The summed E-state index contributed by atoms with van der Waals surface area (Å²) in [4.78, 5) is 42.5. The number of thioether (sulfide) groups is 1. The van der Waals surface area contributed by atoms with Crippen LogP contribution in [0.3, 0.4) is 0 Å². The number of hydrogen-bond acceptors (Lipinski definition) is 5. The fourth-order valence-electron chi connectivity index (χ4n) is 3.12. The first-order valence-corrected chi connectivity index (χ1v) is 10.4. The number of fused-ring (bicyclic) bond motifs is 1. The minimum Gasteiger partial charge on any atom is -0.325 e. The highest BCUT2D eigenvalue weighted by Crippen LogP contribution is 2.28. The van der Waals surface area contributed by atoms with Crippen LogP contribution in [0, 0.1) is 0 Å². The van der Waals surface area contributed by atoms with Crippen molar-refractivity contribution in [1.29, 1.82) is 0 Å². The summed E-state index contributed by atoms with van der Waals surface area (Å²) < 4.78 is 2.43. The average Bonchev–Trinajstić information content (AvgIpc) is 2.74. The van der Waals surface area contributed by atoms with Crippen molar-refractivity contribution >= 4 is 34.4 Å². The second-order valence-corrected chi connectivity index (χ2v) is 7.74. The fraction of sp³-hybridized carbons (Fsp3) is 0.333. The van der Waals surface area contributed by atoms with Gasteiger partial charge in [0.15, 0.2) is 0 Å². The van der Waals surface area contributed by atoms with E-state index in [1.54, 1.807) is 13.2 Å². The maximum absolute atomic E-state index is 12.8. The lowest BCUT2D eigenvalue weighted by molar-refractivity contribution is -0.113. The normalized spacial score (nSPS) is 11.0. The molecule has 0 aliphatic carbocycles. The molecule has 3 rings (SSSR count). The van der Waals surface area contributed by atoms with E-state index in [9.17, 15) is 14.4 Å². The molecule has 2 heterocycles. The predicted molar refractivity (Wildman–Crippen MR) is 117 cm³/mol. The van der Waals surface area contributed by atoms with Crippen molar-refractivity contribution in [1.82, 2.24) is 14.1 Å². The van der Waals surface area contributed by atoms with Crippen molar-refractivity contribution < 1.29 is 4.79 Å². The Balaban J connectivity index is 1.91. The number of hydrogen-bond donors (Lipinski definition) is 1. The van der Waals surface area contributed by atoms with E-state index in [0.717, 1.165) is 22.2 Å². The third-order valence-corrected chi connectivity index (χ3v) is 6.03. The Morgan fingerprint density at radius 1 is 1.07 bits per heavy atom. The summed E-state index contributed by atoms with van der Waals surface area (Å²) in [5.41, 5.74) is 2.32. The van der Waals surface area contributed by atoms with E-state index in [1.165, 1.54) is 28.9 Å². The van der Waals surface area contributed by atoms with Crippen molar-refractivity contribution in [2.75, 3.05) is 11.1 Å². The molecule has 1 aromatic carbocycles. The molecule has 0 bridgehead atoms. The number of carbonyl (C=O) groups excluding carboxylic acids is 1. The van der Waals surface area contributed by atoms with Crippen LogP contribution in [0.4, 0.5) is 5.69 Å². The molecule has 2 aromatic heterocycles. The number of aryl methyl sites for hydroxylation is 3. The van der Waals surface area contributed by atoms with Gasteiger partial charge in [0.2, 0.25) is 5.91 Å². The Bertz CT molecular complexity index is 1180. The highest BCUT2D eigenvalue weighted by molar-refractivity contribution is 8.00. The molecule has 7 nitrogen and oxygen atoms in total. The van der Waals surface area contributed by atoms with Gasteiger partial charge in [0, 0.05) is 30.9 Å². The van der Waals surface area contributed by atoms with Crippen LogP contribution < -0.4 is 16.6 Å². The van der Waals surface area contributed by atoms with Crippen LogP contribution in [0.1, 0.15) is 25.0 Å². The number of nitrogens with one attached hydrogen (secondary N) is 1. The molecule has 0 radical (unpaired) electrons. The van der Waals surface area contributed by atoms with E-state index in [0.29, 0.717) is 22.3 Å². The molecular weight excluding hydrogens is 388 g/mol. The van der Waals surface area contributed by atoms with Gasteiger partial charge in [-0.2, -0.15) is 0 Å². The first-order chi connectivity index (χ1) is 13.9. The van der Waals surface area contributed by atoms with Gasteiger partial charge in [-0.1, -0.05) is 26.0 Å². The van der Waals surface area contributed by atoms with Crippen LogP contribution in [0.2, 0.25) is 0 Å². The number of amides is 1. The third-order valence-electron chi connectivity index (χ3n) is 4.87. The number of aromatic nitrogens is 3. The highest BCUT2D eigenvalue weighted by atomic mass is 32.2. The molecule has 0 aliphatic rings. The maximum Gasteiger partial charge on any atom is 0.332 e. The van der Waals surface area contributed by atoms with Crippen LogP contribution in [-0.2, 0) is 31.7 Å². The molecule has 0 saturated heterocycles. The van der Waals surface area contributed by atoms with E-state index < -0.39 is 11.2 Å². The second-order valence-electron chi connectivity index (χ2n) is 6.76. The number of carbonyl (C=O) groups is 1. The van der Waals surface area contributed by atoms with Gasteiger partial charge < -0.3 is 5.32 Å². The van der Waals surface area contributed by atoms with Gasteiger partial charge in [0.05, 0.1) is 11.1 Å². The molecular formula is C21H24N4O3S. The van der Waals surface area contributed by atoms with Crippen molar-refractivity contribution in [3.05, 3.63) is 62.4 Å². The molecule has 0 atom stereocenters. The minimum atomic E-state index is -0.427. The van der Waals surface area contributed by atoms with Gasteiger partial charge in [0.25, 0.3) is 5.56 Å². The smallest absolute Gasteiger partial charge is 0.325 e. The Morgan fingerprint density at radius 3 is 2.38 bits per heavy atom. The van der Waals surface area contributed by atoms with Crippen molar-refractivity contribution in [2.45, 2.75) is 31.6 Å². The lowest BCUT2D eigenvalue weighted by Crippen LogP contribution is -2.37. The number of anilines is 1. The number of pyridine rings is 1. The van der Waals surface area contributed by atoms with Gasteiger partial charge in [-0.25, -0.2) is 9.78 Å². The Kier molecular flexibility index (Phi) is 6.22. The Morgan fingerprint density at radius 2 is 1.76 bits per heavy atom. The van der Waals surface area contributed by atoms with Crippen LogP contribution in [-0.4, -0.2) is 25.8 Å². The molecule has 152 valence electrons. The zero-order valence-corrected chi connectivity index (χ0v) is 17.8. The highest BCUT2D eigenvalue weighted by Gasteiger charge is 2.18. The molecule has 0 unspecified atom stereocenters. The van der Waals surface area contributed by atoms with Gasteiger partial charge in [0.1, 0.15) is 5.65 Å². The van der Waals surface area contributed by atoms with Crippen LogP contribution in [0.15, 0.2) is 44.9 Å². The maximum atomic E-state index is 12.8. The molecule has 3 aromatic rings. The summed E-state index contributed by atoms with van der Waals surface area (Å²) in [6.07, 6.45) is 3.28. The third kappa shape index (κ3) is 4.12. The summed E-state index contributed by atoms with van der Waals surface area (Å²) >= 11 is 1.29. The fourth-order valence-corrected chi connectivity index (χ4v) is 4.17. The SMILES string of the molecule is CCc1ccc(NC(=O)CSc2c(CC)cnc3c2c(=O)n(C)c(=O)n3C)cc1. The summed E-state index contributed by atoms with van der Waals surface area (Å²) in [5.74, 6) is -0.0129. The van der Waals surface area contributed by atoms with Crippen LogP contribution in [0.5, 0.6) is 0 Å². The quantitative estimate of drug-likeness (QED) is 0.629. The Hall–Kier alpha value is -2.87. The number of benzene rings is 1. The zero-order chi connectivity index (χ0) is 21.1. The van der Waals surface area contributed by atoms with Gasteiger partial charge in [-0.3, -0.25) is 18.7 Å². The Labute approximate surface area is 172 Å². The summed E-state index contributed by atoms with van der Waals surface area (Å²) in [6.45, 7) is 4.05. The molecule has 1 N–H and O–H groups in total. The summed E-state index contributed by atoms with van der Waals surface area (Å²) in [6, 6.07) is 7.73. The van der Waals surface area contributed by atoms with Crippen molar-refractivity contribution in [2.24, 2.45) is 14.1 Å². The zero-order valence-electron chi connectivity index (χ0n) is 17.0. The first kappa shape index (κ1) is 20.9. The van der Waals surface area contributed by atoms with E-state index in [1.807, 2.05) is 31.2 Å². The van der Waals surface area contributed by atoms with Crippen LogP contribution >= 0.6 is 11.8 Å². The topological polar surface area (TPSA) is 86.0 Å². The van der Waals surface area contributed by atoms with Crippen molar-refractivity contribution in [3.63, 3.8) is 0 Å². The van der Waals surface area contributed by atoms with Crippen LogP contribution in [0.25, 0.3) is 11.0 Å². The van der Waals surface area contributed by atoms with Gasteiger partial charge in [-0.15, -0.1) is 11.8 Å². The molecule has 0 fully saturated rings. The molecule has 0 saturated carbocycles. The lowest BCUT2D eigenvalue weighted by Gasteiger charge is -2.13. The van der Waals surface area contributed by atoms with Gasteiger partial charge in [-0.05, 0) is 36.1 Å². The van der Waals surface area contributed by atoms with E-state index >= 15 is 0 Å². The molecule has 0 spiro atoms. The van der Waals surface area contributed by atoms with E-state index in [-0.39, 0.29) is 11.7 Å². The van der Waals surface area contributed by atoms with Gasteiger partial charge >= 0.3 is 5.69 Å². The summed E-state index contributed by atoms with van der Waals surface area (Å²) in [5, 5.41) is 3.26. The van der Waals surface area contributed by atoms with E-state index in [4.69, 9.17) is 0 Å². The number of rotatable bonds is 6. The average molecular weight is 413 g/mol. The molecule has 8 heteroatoms. The summed E-state index contributed by atoms with van der Waals surface area (Å²) in [7, 11) is 3.04.